The average molecular weight is 477 g/mol. The molecule has 2 aromatic rings. The number of aryl methyl sites for hydroxylation is 1. The van der Waals surface area contributed by atoms with Gasteiger partial charge in [0.25, 0.3) is 0 Å². The molecule has 6 rings (SSSR count). The van der Waals surface area contributed by atoms with Crippen LogP contribution in [0.4, 0.5) is 23.1 Å². The highest BCUT2D eigenvalue weighted by molar-refractivity contribution is 6.09. The summed E-state index contributed by atoms with van der Waals surface area (Å²) in [7, 11) is 1.97. The minimum Gasteiger partial charge on any atom is -0.324 e. The highest BCUT2D eigenvalue weighted by Crippen LogP contribution is 2.57. The van der Waals surface area contributed by atoms with Crippen LogP contribution in [-0.4, -0.2) is 59.4 Å². The van der Waals surface area contributed by atoms with E-state index < -0.39 is 0 Å². The van der Waals surface area contributed by atoms with Crippen LogP contribution in [0.3, 0.4) is 0 Å². The van der Waals surface area contributed by atoms with E-state index in [1.807, 2.05) is 66.9 Å². The predicted octanol–water partition coefficient (Wildman–Crippen LogP) is 4.15. The van der Waals surface area contributed by atoms with Gasteiger partial charge in [-0.25, -0.2) is 4.98 Å². The van der Waals surface area contributed by atoms with E-state index in [4.69, 9.17) is 4.98 Å². The van der Waals surface area contributed by atoms with Crippen molar-refractivity contribution in [2.24, 2.45) is 0 Å². The molecule has 2 aliphatic carbocycles. The van der Waals surface area contributed by atoms with Crippen LogP contribution in [0.15, 0.2) is 24.4 Å². The van der Waals surface area contributed by atoms with Gasteiger partial charge in [-0.1, -0.05) is 26.7 Å². The van der Waals surface area contributed by atoms with Crippen LogP contribution in [-0.2, 0) is 15.0 Å². The Morgan fingerprint density at radius 1 is 1.09 bits per heavy atom. The Kier molecular flexibility index (Phi) is 6.25. The quantitative estimate of drug-likeness (QED) is 0.714. The second-order valence-electron chi connectivity index (χ2n) is 10.0. The van der Waals surface area contributed by atoms with Gasteiger partial charge in [-0.05, 0) is 63.4 Å². The molecule has 1 aromatic carbocycles. The van der Waals surface area contributed by atoms with Crippen LogP contribution in [0.25, 0.3) is 0 Å². The Hall–Kier alpha value is -3.00. The van der Waals surface area contributed by atoms with Crippen molar-refractivity contribution in [2.45, 2.75) is 70.8 Å². The van der Waals surface area contributed by atoms with E-state index in [0.717, 1.165) is 60.5 Å². The lowest BCUT2D eigenvalue weighted by molar-refractivity contribution is -0.121. The SMILES string of the molecule is CC.Cc1cc(N2CCN(C)CC2=O)ccc1Nc1ncc2c(n1)N(C1CCCC1)C(=O)C21CC1. The van der Waals surface area contributed by atoms with Gasteiger partial charge < -0.3 is 10.2 Å². The molecule has 0 bridgehead atoms. The molecular formula is C27H36N6O2. The van der Waals surface area contributed by atoms with Crippen LogP contribution in [0.2, 0.25) is 0 Å². The van der Waals surface area contributed by atoms with Gasteiger partial charge in [0.05, 0.1) is 12.0 Å². The molecule has 35 heavy (non-hydrogen) atoms. The normalized spacial score (nSPS) is 21.3. The standard InChI is InChI=1S/C25H30N6O2.C2H6/c1-16-13-18(30-12-11-29(2)15-21(30)32)7-8-20(16)27-24-26-14-19-22(28-24)31(17-5-3-4-6-17)23(33)25(19)9-10-25;1-2/h7-8,13-14,17H,3-6,9-12,15H2,1-2H3,(H,26,27,28);1-2H3. The summed E-state index contributed by atoms with van der Waals surface area (Å²) in [6.07, 6.45) is 8.13. The number of carbonyl (C=O) groups excluding carboxylic acids is 2. The van der Waals surface area contributed by atoms with Crippen molar-refractivity contribution >= 4 is 35.0 Å². The number of benzene rings is 1. The number of piperazine rings is 1. The van der Waals surface area contributed by atoms with Gasteiger partial charge in [0.1, 0.15) is 5.82 Å². The van der Waals surface area contributed by atoms with Crippen LogP contribution in [0, 0.1) is 6.92 Å². The summed E-state index contributed by atoms with van der Waals surface area (Å²) in [5.74, 6) is 1.66. The van der Waals surface area contributed by atoms with E-state index in [9.17, 15) is 9.59 Å². The molecule has 1 saturated heterocycles. The third-order valence-corrected chi connectivity index (χ3v) is 7.76. The minimum atomic E-state index is -0.358. The molecule has 2 aliphatic heterocycles. The van der Waals surface area contributed by atoms with E-state index in [1.54, 1.807) is 0 Å². The molecule has 8 heteroatoms. The van der Waals surface area contributed by atoms with Crippen molar-refractivity contribution in [2.75, 3.05) is 41.8 Å². The molecule has 3 heterocycles. The lowest BCUT2D eigenvalue weighted by Crippen LogP contribution is -2.48. The van der Waals surface area contributed by atoms with Crippen LogP contribution >= 0.6 is 0 Å². The molecule has 8 nitrogen and oxygen atoms in total. The molecule has 1 aromatic heterocycles. The average Bonchev–Trinajstić information content (AvgIpc) is 3.41. The zero-order valence-electron chi connectivity index (χ0n) is 21.3. The number of fused-ring (bicyclic) bond motifs is 2. The second-order valence-corrected chi connectivity index (χ2v) is 10.0. The van der Waals surface area contributed by atoms with Crippen molar-refractivity contribution in [3.8, 4) is 0 Å². The summed E-state index contributed by atoms with van der Waals surface area (Å²) in [6.45, 7) is 8.03. The maximum atomic E-state index is 13.3. The molecule has 2 amide bonds. The predicted molar refractivity (Wildman–Crippen MR) is 138 cm³/mol. The molecule has 1 N–H and O–H groups in total. The number of rotatable bonds is 4. The number of carbonyl (C=O) groups is 2. The Morgan fingerprint density at radius 3 is 2.49 bits per heavy atom. The Balaban J connectivity index is 0.00000124. The third kappa shape index (κ3) is 4.07. The van der Waals surface area contributed by atoms with E-state index in [1.165, 1.54) is 12.8 Å². The number of amides is 2. The number of nitrogens with zero attached hydrogens (tertiary/aromatic N) is 5. The maximum Gasteiger partial charge on any atom is 0.241 e. The number of hydrogen-bond donors (Lipinski definition) is 1. The molecule has 0 unspecified atom stereocenters. The van der Waals surface area contributed by atoms with Crippen molar-refractivity contribution in [3.63, 3.8) is 0 Å². The lowest BCUT2D eigenvalue weighted by atomic mass is 10.0. The summed E-state index contributed by atoms with van der Waals surface area (Å²) in [4.78, 5) is 41.0. The van der Waals surface area contributed by atoms with Crippen molar-refractivity contribution in [1.29, 1.82) is 0 Å². The monoisotopic (exact) mass is 476 g/mol. The fourth-order valence-electron chi connectivity index (χ4n) is 5.65. The first-order valence-electron chi connectivity index (χ1n) is 13.0. The summed E-state index contributed by atoms with van der Waals surface area (Å²) in [5.41, 5.74) is 3.48. The minimum absolute atomic E-state index is 0.122. The van der Waals surface area contributed by atoms with Gasteiger partial charge in [0, 0.05) is 42.3 Å². The summed E-state index contributed by atoms with van der Waals surface area (Å²) in [6, 6.07) is 6.25. The van der Waals surface area contributed by atoms with Gasteiger partial charge in [0.15, 0.2) is 0 Å². The smallest absolute Gasteiger partial charge is 0.241 e. The summed E-state index contributed by atoms with van der Waals surface area (Å²) < 4.78 is 0. The molecule has 1 spiro atoms. The van der Waals surface area contributed by atoms with E-state index in [2.05, 4.69) is 10.3 Å². The first-order chi connectivity index (χ1) is 17.0. The van der Waals surface area contributed by atoms with E-state index in [0.29, 0.717) is 19.0 Å². The summed E-state index contributed by atoms with van der Waals surface area (Å²) in [5, 5.41) is 3.35. The number of nitrogens with one attached hydrogen (secondary N) is 1. The first kappa shape index (κ1) is 23.7. The van der Waals surface area contributed by atoms with Crippen LogP contribution in [0.5, 0.6) is 0 Å². The Bertz CT molecular complexity index is 1140. The third-order valence-electron chi connectivity index (χ3n) is 7.76. The van der Waals surface area contributed by atoms with Gasteiger partial charge >= 0.3 is 0 Å². The number of likely N-dealkylation sites (N-methyl/N-ethyl adjacent to an activating group) is 1. The van der Waals surface area contributed by atoms with Crippen molar-refractivity contribution in [1.82, 2.24) is 14.9 Å². The van der Waals surface area contributed by atoms with Crippen molar-refractivity contribution in [3.05, 3.63) is 35.5 Å². The molecule has 0 atom stereocenters. The van der Waals surface area contributed by atoms with Gasteiger partial charge in [0.2, 0.25) is 17.8 Å². The first-order valence-corrected chi connectivity index (χ1v) is 13.0. The van der Waals surface area contributed by atoms with Crippen molar-refractivity contribution < 1.29 is 9.59 Å². The second kappa shape index (κ2) is 9.22. The lowest BCUT2D eigenvalue weighted by Gasteiger charge is -2.32. The molecule has 4 aliphatic rings. The molecule has 0 radical (unpaired) electrons. The van der Waals surface area contributed by atoms with Crippen LogP contribution < -0.4 is 15.1 Å². The summed E-state index contributed by atoms with van der Waals surface area (Å²) >= 11 is 0. The Labute approximate surface area is 207 Å². The molecule has 186 valence electrons. The number of aromatic nitrogens is 2. The zero-order valence-corrected chi connectivity index (χ0v) is 21.3. The molecule has 3 fully saturated rings. The van der Waals surface area contributed by atoms with Gasteiger partial charge in [-0.2, -0.15) is 4.98 Å². The fourth-order valence-corrected chi connectivity index (χ4v) is 5.65. The highest BCUT2D eigenvalue weighted by Gasteiger charge is 2.61. The molecule has 2 saturated carbocycles. The van der Waals surface area contributed by atoms with Gasteiger partial charge in [-0.15, -0.1) is 0 Å². The Morgan fingerprint density at radius 2 is 1.83 bits per heavy atom. The highest BCUT2D eigenvalue weighted by atomic mass is 16.2. The topological polar surface area (TPSA) is 81.7 Å². The number of hydrogen-bond acceptors (Lipinski definition) is 6. The zero-order chi connectivity index (χ0) is 24.7. The number of anilines is 4. The van der Waals surface area contributed by atoms with Gasteiger partial charge in [-0.3, -0.25) is 19.4 Å². The van der Waals surface area contributed by atoms with E-state index in [-0.39, 0.29) is 23.3 Å². The fraction of sp³-hybridized carbons (Fsp3) is 0.556. The van der Waals surface area contributed by atoms with E-state index >= 15 is 0 Å². The maximum absolute atomic E-state index is 13.3. The molecular weight excluding hydrogens is 440 g/mol. The largest absolute Gasteiger partial charge is 0.324 e. The van der Waals surface area contributed by atoms with Crippen LogP contribution in [0.1, 0.15) is 63.5 Å².